The molecule has 2 heterocycles. The van der Waals surface area contributed by atoms with Crippen LogP contribution in [0.25, 0.3) is 0 Å². The van der Waals surface area contributed by atoms with Gasteiger partial charge in [0.15, 0.2) is 0 Å². The number of nitrogens with zero attached hydrogens (tertiary/aromatic N) is 2. The molecule has 0 spiro atoms. The van der Waals surface area contributed by atoms with Gasteiger partial charge in [-0.1, -0.05) is 12.1 Å². The number of nitrogens with one attached hydrogen (secondary N) is 1. The van der Waals surface area contributed by atoms with Crippen LogP contribution in [0.5, 0.6) is 0 Å². The Morgan fingerprint density at radius 1 is 1.16 bits per heavy atom. The molecule has 2 aliphatic rings. The van der Waals surface area contributed by atoms with E-state index in [2.05, 4.69) is 22.3 Å². The smallest absolute Gasteiger partial charge is 0.242 e. The molecule has 0 atom stereocenters. The second kappa shape index (κ2) is 6.15. The molecule has 0 unspecified atom stereocenters. The molecule has 4 nitrogen and oxygen atoms in total. The lowest BCUT2D eigenvalue weighted by atomic mass is 10.2. The fourth-order valence-electron chi connectivity index (χ4n) is 2.74. The number of hydrogen-bond acceptors (Lipinski definition) is 3. The van der Waals surface area contributed by atoms with E-state index in [-0.39, 0.29) is 18.3 Å². The molecule has 19 heavy (non-hydrogen) atoms. The highest BCUT2D eigenvalue weighted by molar-refractivity contribution is 5.85. The van der Waals surface area contributed by atoms with Gasteiger partial charge in [-0.15, -0.1) is 12.4 Å². The van der Waals surface area contributed by atoms with Gasteiger partial charge in [0.05, 0.1) is 17.9 Å². The molecule has 0 aromatic heterocycles. The number of carbonyl (C=O) groups excluding carboxylic acids is 1. The largest absolute Gasteiger partial charge is 0.382 e. The highest BCUT2D eigenvalue weighted by Crippen LogP contribution is 2.28. The summed E-state index contributed by atoms with van der Waals surface area (Å²) in [6.07, 6.45) is 2.31. The van der Waals surface area contributed by atoms with Gasteiger partial charge in [0.2, 0.25) is 5.91 Å². The zero-order valence-electron chi connectivity index (χ0n) is 11.0. The molecule has 5 heteroatoms. The summed E-state index contributed by atoms with van der Waals surface area (Å²) in [5.74, 6) is 0.268. The molecule has 0 bridgehead atoms. The van der Waals surface area contributed by atoms with E-state index >= 15 is 0 Å². The molecule has 1 aromatic rings. The van der Waals surface area contributed by atoms with Crippen LogP contribution in [0.2, 0.25) is 0 Å². The fraction of sp³-hybridized carbons (Fsp3) is 0.500. The first kappa shape index (κ1) is 14.0. The van der Waals surface area contributed by atoms with Gasteiger partial charge in [0.25, 0.3) is 0 Å². The normalized spacial score (nSPS) is 17.5. The molecule has 1 aromatic carbocycles. The number of amides is 1. The average Bonchev–Trinajstić information content (AvgIpc) is 2.93. The SMILES string of the molecule is Cl.O=C(CN1CCNc2ccccc21)N1CCCC1. The summed E-state index contributed by atoms with van der Waals surface area (Å²) in [4.78, 5) is 16.4. The van der Waals surface area contributed by atoms with Gasteiger partial charge in [-0.05, 0) is 25.0 Å². The van der Waals surface area contributed by atoms with Crippen LogP contribution >= 0.6 is 12.4 Å². The van der Waals surface area contributed by atoms with Crippen molar-refractivity contribution in [2.45, 2.75) is 12.8 Å². The van der Waals surface area contributed by atoms with Crippen LogP contribution in [0, 0.1) is 0 Å². The van der Waals surface area contributed by atoms with Crippen molar-refractivity contribution in [3.05, 3.63) is 24.3 Å². The second-order valence-electron chi connectivity index (χ2n) is 4.95. The molecule has 1 saturated heterocycles. The van der Waals surface area contributed by atoms with E-state index in [9.17, 15) is 4.79 Å². The highest BCUT2D eigenvalue weighted by Gasteiger charge is 2.23. The van der Waals surface area contributed by atoms with Crippen LogP contribution in [0.15, 0.2) is 24.3 Å². The second-order valence-corrected chi connectivity index (χ2v) is 4.95. The van der Waals surface area contributed by atoms with Crippen molar-refractivity contribution in [1.82, 2.24) is 4.90 Å². The number of para-hydroxylation sites is 2. The number of carbonyl (C=O) groups is 1. The van der Waals surface area contributed by atoms with Crippen molar-refractivity contribution in [3.8, 4) is 0 Å². The van der Waals surface area contributed by atoms with Crippen LogP contribution < -0.4 is 10.2 Å². The summed E-state index contributed by atoms with van der Waals surface area (Å²) in [7, 11) is 0. The molecule has 2 aliphatic heterocycles. The molecule has 1 fully saturated rings. The summed E-state index contributed by atoms with van der Waals surface area (Å²) in [6, 6.07) is 8.21. The lowest BCUT2D eigenvalue weighted by molar-refractivity contribution is -0.128. The van der Waals surface area contributed by atoms with E-state index in [0.29, 0.717) is 6.54 Å². The van der Waals surface area contributed by atoms with E-state index in [0.717, 1.165) is 50.4 Å². The quantitative estimate of drug-likeness (QED) is 0.900. The Balaban J connectivity index is 0.00000133. The van der Waals surface area contributed by atoms with Gasteiger partial charge in [0, 0.05) is 26.2 Å². The van der Waals surface area contributed by atoms with Crippen LogP contribution in [0.3, 0.4) is 0 Å². The maximum atomic E-state index is 12.2. The Morgan fingerprint density at radius 3 is 2.68 bits per heavy atom. The lowest BCUT2D eigenvalue weighted by Gasteiger charge is -2.32. The molecule has 0 radical (unpaired) electrons. The van der Waals surface area contributed by atoms with Gasteiger partial charge in [-0.3, -0.25) is 4.79 Å². The van der Waals surface area contributed by atoms with Crippen molar-refractivity contribution in [1.29, 1.82) is 0 Å². The first-order chi connectivity index (χ1) is 8.84. The maximum Gasteiger partial charge on any atom is 0.242 e. The Bertz CT molecular complexity index is 446. The number of fused-ring (bicyclic) bond motifs is 1. The zero-order valence-corrected chi connectivity index (χ0v) is 11.8. The van der Waals surface area contributed by atoms with Crippen molar-refractivity contribution >= 4 is 29.7 Å². The molecule has 104 valence electrons. The molecular weight excluding hydrogens is 262 g/mol. The summed E-state index contributed by atoms with van der Waals surface area (Å²) in [6.45, 7) is 4.19. The minimum atomic E-state index is 0. The predicted molar refractivity (Wildman–Crippen MR) is 80.2 cm³/mol. The molecule has 0 aliphatic carbocycles. The van der Waals surface area contributed by atoms with Crippen molar-refractivity contribution in [2.24, 2.45) is 0 Å². The lowest BCUT2D eigenvalue weighted by Crippen LogP contribution is -2.42. The van der Waals surface area contributed by atoms with Gasteiger partial charge in [-0.25, -0.2) is 0 Å². The number of halogens is 1. The fourth-order valence-corrected chi connectivity index (χ4v) is 2.74. The number of hydrogen-bond donors (Lipinski definition) is 1. The standard InChI is InChI=1S/C14H19N3O.ClH/c18-14(16-8-3-4-9-16)11-17-10-7-15-12-5-1-2-6-13(12)17;/h1-2,5-6,15H,3-4,7-11H2;1H. The van der Waals surface area contributed by atoms with Crippen LogP contribution in [-0.4, -0.2) is 43.5 Å². The van der Waals surface area contributed by atoms with E-state index < -0.39 is 0 Å². The highest BCUT2D eigenvalue weighted by atomic mass is 35.5. The van der Waals surface area contributed by atoms with Crippen LogP contribution in [-0.2, 0) is 4.79 Å². The molecule has 1 amide bonds. The first-order valence-electron chi connectivity index (χ1n) is 6.70. The summed E-state index contributed by atoms with van der Waals surface area (Å²) < 4.78 is 0. The predicted octanol–water partition coefficient (Wildman–Crippen LogP) is 1.96. The van der Waals surface area contributed by atoms with E-state index in [1.807, 2.05) is 17.0 Å². The van der Waals surface area contributed by atoms with Crippen LogP contribution in [0.1, 0.15) is 12.8 Å². The number of benzene rings is 1. The van der Waals surface area contributed by atoms with E-state index in [1.165, 1.54) is 0 Å². The van der Waals surface area contributed by atoms with Gasteiger partial charge in [-0.2, -0.15) is 0 Å². The number of anilines is 2. The Labute approximate surface area is 120 Å². The van der Waals surface area contributed by atoms with Crippen molar-refractivity contribution in [3.63, 3.8) is 0 Å². The first-order valence-corrected chi connectivity index (χ1v) is 6.70. The third-order valence-electron chi connectivity index (χ3n) is 3.73. The molecule has 1 N–H and O–H groups in total. The van der Waals surface area contributed by atoms with Gasteiger partial charge >= 0.3 is 0 Å². The minimum Gasteiger partial charge on any atom is -0.382 e. The van der Waals surface area contributed by atoms with Gasteiger partial charge in [0.1, 0.15) is 0 Å². The minimum absolute atomic E-state index is 0. The van der Waals surface area contributed by atoms with Crippen LogP contribution in [0.4, 0.5) is 11.4 Å². The van der Waals surface area contributed by atoms with Crippen molar-refractivity contribution < 1.29 is 4.79 Å². The Morgan fingerprint density at radius 2 is 1.89 bits per heavy atom. The van der Waals surface area contributed by atoms with E-state index in [4.69, 9.17) is 0 Å². The summed E-state index contributed by atoms with van der Waals surface area (Å²) in [5.41, 5.74) is 2.29. The topological polar surface area (TPSA) is 35.6 Å². The average molecular weight is 282 g/mol. The summed E-state index contributed by atoms with van der Waals surface area (Å²) in [5, 5.41) is 3.37. The number of likely N-dealkylation sites (tertiary alicyclic amines) is 1. The molecular formula is C14H20ClN3O. The third kappa shape index (κ3) is 2.95. The monoisotopic (exact) mass is 281 g/mol. The zero-order chi connectivity index (χ0) is 12.4. The molecule has 0 saturated carbocycles. The van der Waals surface area contributed by atoms with Crippen molar-refractivity contribution in [2.75, 3.05) is 42.9 Å². The summed E-state index contributed by atoms with van der Waals surface area (Å²) >= 11 is 0. The van der Waals surface area contributed by atoms with E-state index in [1.54, 1.807) is 0 Å². The molecule has 3 rings (SSSR count). The Kier molecular flexibility index (Phi) is 4.53. The Hall–Kier alpha value is -1.42. The maximum absolute atomic E-state index is 12.2. The number of rotatable bonds is 2. The van der Waals surface area contributed by atoms with Gasteiger partial charge < -0.3 is 15.1 Å². The third-order valence-corrected chi connectivity index (χ3v) is 3.73.